The topological polar surface area (TPSA) is 61.4 Å². The van der Waals surface area contributed by atoms with E-state index in [1.807, 2.05) is 30.3 Å². The zero-order valence-corrected chi connectivity index (χ0v) is 15.3. The van der Waals surface area contributed by atoms with Crippen LogP contribution in [0.25, 0.3) is 0 Å². The number of benzene rings is 2. The van der Waals surface area contributed by atoms with E-state index >= 15 is 0 Å². The van der Waals surface area contributed by atoms with E-state index < -0.39 is 6.04 Å². The van der Waals surface area contributed by atoms with E-state index in [1.165, 1.54) is 19.1 Å². The van der Waals surface area contributed by atoms with Crippen molar-refractivity contribution < 1.29 is 14.0 Å². The van der Waals surface area contributed by atoms with Gasteiger partial charge in [-0.05, 0) is 42.7 Å². The lowest BCUT2D eigenvalue weighted by atomic mass is 9.98. The first-order chi connectivity index (χ1) is 13.0. The van der Waals surface area contributed by atoms with Gasteiger partial charge in [-0.2, -0.15) is 0 Å². The van der Waals surface area contributed by atoms with Crippen molar-refractivity contribution in [1.82, 2.24) is 10.2 Å². The molecule has 0 radical (unpaired) electrons. The largest absolute Gasteiger partial charge is 0.354 e. The minimum Gasteiger partial charge on any atom is -0.354 e. The monoisotopic (exact) mass is 369 g/mol. The fourth-order valence-corrected chi connectivity index (χ4v) is 3.50. The number of anilines is 1. The molecule has 1 aliphatic rings. The average Bonchev–Trinajstić information content (AvgIpc) is 2.66. The summed E-state index contributed by atoms with van der Waals surface area (Å²) in [6, 6.07) is 15.1. The van der Waals surface area contributed by atoms with Crippen LogP contribution in [0.15, 0.2) is 54.6 Å². The Labute approximate surface area is 158 Å². The lowest BCUT2D eigenvalue weighted by Crippen LogP contribution is -2.47. The van der Waals surface area contributed by atoms with Crippen LogP contribution in [-0.2, 0) is 9.59 Å². The van der Waals surface area contributed by atoms with Crippen molar-refractivity contribution >= 4 is 17.5 Å². The van der Waals surface area contributed by atoms with Gasteiger partial charge in [-0.25, -0.2) is 4.39 Å². The predicted octanol–water partition coefficient (Wildman–Crippen LogP) is 3.11. The van der Waals surface area contributed by atoms with Gasteiger partial charge in [0.25, 0.3) is 0 Å². The van der Waals surface area contributed by atoms with Crippen LogP contribution in [0.4, 0.5) is 10.1 Å². The number of piperidine rings is 1. The van der Waals surface area contributed by atoms with Crippen LogP contribution in [0.3, 0.4) is 0 Å². The van der Waals surface area contributed by atoms with Crippen LogP contribution < -0.4 is 10.6 Å². The quantitative estimate of drug-likeness (QED) is 0.851. The molecule has 5 nitrogen and oxygen atoms in total. The molecule has 2 aromatic rings. The Morgan fingerprint density at radius 2 is 1.67 bits per heavy atom. The summed E-state index contributed by atoms with van der Waals surface area (Å²) in [6.07, 6.45) is 1.60. The number of nitrogens with one attached hydrogen (secondary N) is 2. The highest BCUT2D eigenvalue weighted by atomic mass is 19.1. The number of rotatable bonds is 5. The maximum absolute atomic E-state index is 13.1. The highest BCUT2D eigenvalue weighted by molar-refractivity contribution is 5.95. The Morgan fingerprint density at radius 1 is 1.04 bits per heavy atom. The van der Waals surface area contributed by atoms with Gasteiger partial charge in [-0.15, -0.1) is 0 Å². The van der Waals surface area contributed by atoms with E-state index in [0.717, 1.165) is 18.4 Å². The number of nitrogens with zero attached hydrogens (tertiary/aromatic N) is 1. The Hall–Kier alpha value is -2.73. The molecule has 0 aliphatic carbocycles. The molecule has 6 heteroatoms. The molecule has 2 aromatic carbocycles. The third-order valence-corrected chi connectivity index (χ3v) is 4.78. The molecule has 3 rings (SSSR count). The Kier molecular flexibility index (Phi) is 6.19. The van der Waals surface area contributed by atoms with Gasteiger partial charge in [0.1, 0.15) is 11.9 Å². The van der Waals surface area contributed by atoms with Crippen molar-refractivity contribution in [2.75, 3.05) is 18.4 Å². The molecule has 2 amide bonds. The summed E-state index contributed by atoms with van der Waals surface area (Å²) < 4.78 is 13.1. The first-order valence-electron chi connectivity index (χ1n) is 9.15. The minimum atomic E-state index is -0.436. The number of likely N-dealkylation sites (tertiary alicyclic amines) is 1. The zero-order chi connectivity index (χ0) is 19.2. The van der Waals surface area contributed by atoms with E-state index in [2.05, 4.69) is 15.5 Å². The number of carbonyl (C=O) groups excluding carboxylic acids is 2. The second kappa shape index (κ2) is 8.77. The molecule has 0 saturated carbocycles. The number of amides is 2. The normalized spacial score (nSPS) is 16.5. The second-order valence-corrected chi connectivity index (χ2v) is 6.82. The molecule has 27 heavy (non-hydrogen) atoms. The van der Waals surface area contributed by atoms with E-state index in [9.17, 15) is 14.0 Å². The van der Waals surface area contributed by atoms with Crippen LogP contribution in [0, 0.1) is 5.82 Å². The molecule has 0 aromatic heterocycles. The summed E-state index contributed by atoms with van der Waals surface area (Å²) in [4.78, 5) is 26.4. The molecule has 1 fully saturated rings. The maximum atomic E-state index is 13.1. The van der Waals surface area contributed by atoms with Crippen molar-refractivity contribution in [2.45, 2.75) is 31.8 Å². The molecule has 2 N–H and O–H groups in total. The van der Waals surface area contributed by atoms with Gasteiger partial charge in [-0.3, -0.25) is 14.5 Å². The van der Waals surface area contributed by atoms with Crippen molar-refractivity contribution in [3.05, 3.63) is 66.0 Å². The standard InChI is InChI=1S/C21H24FN3O2/c1-15(26)23-19-11-13-25(14-12-19)20(16-5-3-2-4-6-16)21(27)24-18-9-7-17(22)8-10-18/h2-10,19-20H,11-14H2,1H3,(H,23,26)(H,24,27)/t20-/m0/s1. The minimum absolute atomic E-state index is 0.0258. The van der Waals surface area contributed by atoms with Gasteiger partial charge in [0.2, 0.25) is 11.8 Å². The second-order valence-electron chi connectivity index (χ2n) is 6.82. The smallest absolute Gasteiger partial charge is 0.246 e. The summed E-state index contributed by atoms with van der Waals surface area (Å²) in [5.41, 5.74) is 1.48. The van der Waals surface area contributed by atoms with E-state index in [4.69, 9.17) is 0 Å². The molecule has 0 unspecified atom stereocenters. The van der Waals surface area contributed by atoms with Crippen molar-refractivity contribution in [3.8, 4) is 0 Å². The first-order valence-corrected chi connectivity index (χ1v) is 9.15. The van der Waals surface area contributed by atoms with E-state index in [0.29, 0.717) is 18.8 Å². The summed E-state index contributed by atoms with van der Waals surface area (Å²) >= 11 is 0. The Morgan fingerprint density at radius 3 is 2.26 bits per heavy atom. The van der Waals surface area contributed by atoms with Crippen LogP contribution >= 0.6 is 0 Å². The predicted molar refractivity (Wildman–Crippen MR) is 103 cm³/mol. The fraction of sp³-hybridized carbons (Fsp3) is 0.333. The van der Waals surface area contributed by atoms with Gasteiger partial charge in [0, 0.05) is 31.7 Å². The maximum Gasteiger partial charge on any atom is 0.246 e. The number of carbonyl (C=O) groups is 2. The molecule has 1 heterocycles. The van der Waals surface area contributed by atoms with Gasteiger partial charge >= 0.3 is 0 Å². The van der Waals surface area contributed by atoms with Crippen LogP contribution in [0.1, 0.15) is 31.4 Å². The van der Waals surface area contributed by atoms with Crippen molar-refractivity contribution in [1.29, 1.82) is 0 Å². The fourth-order valence-electron chi connectivity index (χ4n) is 3.50. The Bertz CT molecular complexity index is 772. The van der Waals surface area contributed by atoms with Crippen molar-refractivity contribution in [2.24, 2.45) is 0 Å². The molecule has 0 spiro atoms. The number of halogens is 1. The highest BCUT2D eigenvalue weighted by Gasteiger charge is 2.31. The van der Waals surface area contributed by atoms with Crippen LogP contribution in [0.2, 0.25) is 0 Å². The molecular formula is C21H24FN3O2. The zero-order valence-electron chi connectivity index (χ0n) is 15.3. The van der Waals surface area contributed by atoms with Crippen molar-refractivity contribution in [3.63, 3.8) is 0 Å². The average molecular weight is 369 g/mol. The van der Waals surface area contributed by atoms with Gasteiger partial charge in [0.05, 0.1) is 0 Å². The Balaban J connectivity index is 1.75. The first kappa shape index (κ1) is 19.0. The summed E-state index contributed by atoms with van der Waals surface area (Å²) in [5.74, 6) is -0.513. The molecule has 0 bridgehead atoms. The third kappa shape index (κ3) is 5.14. The summed E-state index contributed by atoms with van der Waals surface area (Å²) in [6.45, 7) is 2.94. The summed E-state index contributed by atoms with van der Waals surface area (Å²) in [5, 5.41) is 5.85. The van der Waals surface area contributed by atoms with E-state index in [-0.39, 0.29) is 23.7 Å². The van der Waals surface area contributed by atoms with Crippen LogP contribution in [0.5, 0.6) is 0 Å². The molecule has 1 saturated heterocycles. The highest BCUT2D eigenvalue weighted by Crippen LogP contribution is 2.26. The van der Waals surface area contributed by atoms with E-state index in [1.54, 1.807) is 12.1 Å². The molecular weight excluding hydrogens is 345 g/mol. The summed E-state index contributed by atoms with van der Waals surface area (Å²) in [7, 11) is 0. The number of hydrogen-bond acceptors (Lipinski definition) is 3. The van der Waals surface area contributed by atoms with Gasteiger partial charge < -0.3 is 10.6 Å². The van der Waals surface area contributed by atoms with Gasteiger partial charge in [-0.1, -0.05) is 30.3 Å². The number of hydrogen-bond donors (Lipinski definition) is 2. The lowest BCUT2D eigenvalue weighted by molar-refractivity contribution is -0.123. The molecule has 142 valence electrons. The van der Waals surface area contributed by atoms with Gasteiger partial charge in [0.15, 0.2) is 0 Å². The molecule has 1 atom stereocenters. The third-order valence-electron chi connectivity index (χ3n) is 4.78. The SMILES string of the molecule is CC(=O)NC1CCN([C@H](C(=O)Nc2ccc(F)cc2)c2ccccc2)CC1. The lowest BCUT2D eigenvalue weighted by Gasteiger charge is -2.37. The molecule has 1 aliphatic heterocycles. The van der Waals surface area contributed by atoms with Crippen LogP contribution in [-0.4, -0.2) is 35.8 Å².